The maximum atomic E-state index is 6.28. The molecule has 0 saturated heterocycles. The zero-order chi connectivity index (χ0) is 33.1. The van der Waals surface area contributed by atoms with Crippen LogP contribution in [0.1, 0.15) is 25.0 Å². The molecule has 9 aromatic carbocycles. The molecule has 0 spiro atoms. The molecular formula is C49H32O. The maximum Gasteiger partial charge on any atom is 0.136 e. The van der Waals surface area contributed by atoms with Gasteiger partial charge in [0.15, 0.2) is 0 Å². The van der Waals surface area contributed by atoms with Crippen molar-refractivity contribution in [2.45, 2.75) is 19.3 Å². The van der Waals surface area contributed by atoms with Gasteiger partial charge < -0.3 is 4.42 Å². The predicted octanol–water partition coefficient (Wildman–Crippen LogP) is 13.8. The molecule has 0 N–H and O–H groups in total. The summed E-state index contributed by atoms with van der Waals surface area (Å²) < 4.78 is 6.28. The van der Waals surface area contributed by atoms with Gasteiger partial charge in [-0.05, 0) is 124 Å². The molecule has 50 heavy (non-hydrogen) atoms. The lowest BCUT2D eigenvalue weighted by atomic mass is 9.81. The fourth-order valence-corrected chi connectivity index (χ4v) is 9.04. The van der Waals surface area contributed by atoms with Gasteiger partial charge in [0.25, 0.3) is 0 Å². The van der Waals surface area contributed by atoms with E-state index in [1.165, 1.54) is 98.4 Å². The van der Waals surface area contributed by atoms with Crippen LogP contribution in [0.15, 0.2) is 162 Å². The number of benzene rings is 9. The van der Waals surface area contributed by atoms with E-state index in [9.17, 15) is 0 Å². The van der Waals surface area contributed by atoms with Crippen LogP contribution in [0.5, 0.6) is 0 Å². The summed E-state index contributed by atoms with van der Waals surface area (Å²) in [5.41, 5.74) is 12.2. The predicted molar refractivity (Wildman–Crippen MR) is 212 cm³/mol. The number of hydrogen-bond acceptors (Lipinski definition) is 1. The first-order chi connectivity index (χ1) is 24.5. The molecule has 0 bridgehead atoms. The molecule has 1 nitrogen and oxygen atoms in total. The van der Waals surface area contributed by atoms with E-state index in [0.29, 0.717) is 0 Å². The summed E-state index contributed by atoms with van der Waals surface area (Å²) in [7, 11) is 0. The lowest BCUT2D eigenvalue weighted by Crippen LogP contribution is -2.14. The normalized spacial score (nSPS) is 13.6. The van der Waals surface area contributed by atoms with Crippen molar-refractivity contribution >= 4 is 65.0 Å². The Kier molecular flexibility index (Phi) is 5.51. The first kappa shape index (κ1) is 27.7. The highest BCUT2D eigenvalue weighted by molar-refractivity contribution is 6.22. The second kappa shape index (κ2) is 9.94. The standard InChI is InChI=1S/C49H32O/c1-49(2)42-23-21-33(27-40(42)41-26-31-22-24-45-48(39(31)28-43(41)49)38-17-9-10-18-44(38)50-45)47-36-15-7-5-13-34(36)46(35-14-6-8-16-37(35)47)32-20-19-29-11-3-4-12-30(29)25-32/h3-28H,1-2H3. The number of fused-ring (bicyclic) bond motifs is 11. The second-order valence-corrected chi connectivity index (χ2v) is 14.4. The van der Waals surface area contributed by atoms with Crippen LogP contribution in [-0.4, -0.2) is 0 Å². The molecule has 1 heteroatoms. The Hall–Kier alpha value is -6.18. The molecule has 11 rings (SSSR count). The molecule has 1 heterocycles. The van der Waals surface area contributed by atoms with Gasteiger partial charge in [0, 0.05) is 16.2 Å². The van der Waals surface area contributed by atoms with Crippen LogP contribution in [0, 0.1) is 0 Å². The third-order valence-electron chi connectivity index (χ3n) is 11.4. The van der Waals surface area contributed by atoms with Gasteiger partial charge in [0.05, 0.1) is 0 Å². The summed E-state index contributed by atoms with van der Waals surface area (Å²) in [6, 6.07) is 58.3. The molecule has 0 unspecified atom stereocenters. The molecule has 0 radical (unpaired) electrons. The van der Waals surface area contributed by atoms with Crippen molar-refractivity contribution in [1.29, 1.82) is 0 Å². The summed E-state index contributed by atoms with van der Waals surface area (Å²) in [6.07, 6.45) is 0. The molecule has 10 aromatic rings. The number of hydrogen-bond donors (Lipinski definition) is 0. The zero-order valence-corrected chi connectivity index (χ0v) is 27.9. The lowest BCUT2D eigenvalue weighted by molar-refractivity contribution is 0.661. The zero-order valence-electron chi connectivity index (χ0n) is 27.9. The molecule has 1 aromatic heterocycles. The Morgan fingerprint density at radius 2 is 0.940 bits per heavy atom. The quantitative estimate of drug-likeness (QED) is 0.172. The van der Waals surface area contributed by atoms with E-state index in [1.807, 2.05) is 6.07 Å². The Balaban J connectivity index is 1.16. The van der Waals surface area contributed by atoms with E-state index >= 15 is 0 Å². The average Bonchev–Trinajstić information content (AvgIpc) is 3.64. The van der Waals surface area contributed by atoms with Crippen molar-refractivity contribution in [3.05, 3.63) is 169 Å². The third-order valence-corrected chi connectivity index (χ3v) is 11.4. The Labute approximate surface area is 290 Å². The summed E-state index contributed by atoms with van der Waals surface area (Å²) in [5, 5.41) is 12.5. The van der Waals surface area contributed by atoms with Crippen LogP contribution in [0.4, 0.5) is 0 Å². The van der Waals surface area contributed by atoms with Crippen LogP contribution >= 0.6 is 0 Å². The number of rotatable bonds is 2. The van der Waals surface area contributed by atoms with Crippen LogP contribution in [0.2, 0.25) is 0 Å². The van der Waals surface area contributed by atoms with Gasteiger partial charge in [-0.2, -0.15) is 0 Å². The van der Waals surface area contributed by atoms with Gasteiger partial charge in [-0.15, -0.1) is 0 Å². The van der Waals surface area contributed by atoms with Gasteiger partial charge in [-0.25, -0.2) is 0 Å². The smallest absolute Gasteiger partial charge is 0.136 e. The van der Waals surface area contributed by atoms with E-state index in [4.69, 9.17) is 4.42 Å². The van der Waals surface area contributed by atoms with Crippen molar-refractivity contribution in [2.24, 2.45) is 0 Å². The van der Waals surface area contributed by atoms with Crippen molar-refractivity contribution in [2.75, 3.05) is 0 Å². The maximum absolute atomic E-state index is 6.28. The Morgan fingerprint density at radius 3 is 1.66 bits per heavy atom. The summed E-state index contributed by atoms with van der Waals surface area (Å²) in [5.74, 6) is 0. The molecule has 234 valence electrons. The summed E-state index contributed by atoms with van der Waals surface area (Å²) in [4.78, 5) is 0. The minimum Gasteiger partial charge on any atom is -0.456 e. The second-order valence-electron chi connectivity index (χ2n) is 14.4. The fraction of sp³-hybridized carbons (Fsp3) is 0.0612. The van der Waals surface area contributed by atoms with Crippen molar-refractivity contribution < 1.29 is 4.42 Å². The first-order valence-electron chi connectivity index (χ1n) is 17.5. The molecule has 0 fully saturated rings. The molecule has 0 saturated carbocycles. The molecule has 1 aliphatic carbocycles. The lowest BCUT2D eigenvalue weighted by Gasteiger charge is -2.22. The fourth-order valence-electron chi connectivity index (χ4n) is 9.04. The van der Waals surface area contributed by atoms with Crippen molar-refractivity contribution in [3.63, 3.8) is 0 Å². The van der Waals surface area contributed by atoms with E-state index in [1.54, 1.807) is 0 Å². The van der Waals surface area contributed by atoms with Gasteiger partial charge in [-0.1, -0.05) is 135 Å². The monoisotopic (exact) mass is 636 g/mol. The minimum absolute atomic E-state index is 0.136. The van der Waals surface area contributed by atoms with E-state index in [0.717, 1.165) is 11.2 Å². The highest BCUT2D eigenvalue weighted by atomic mass is 16.3. The van der Waals surface area contributed by atoms with Gasteiger partial charge >= 0.3 is 0 Å². The van der Waals surface area contributed by atoms with Gasteiger partial charge in [0.1, 0.15) is 11.2 Å². The van der Waals surface area contributed by atoms with Gasteiger partial charge in [0.2, 0.25) is 0 Å². The van der Waals surface area contributed by atoms with Crippen LogP contribution in [0.3, 0.4) is 0 Å². The third kappa shape index (κ3) is 3.72. The number of para-hydroxylation sites is 1. The molecule has 1 aliphatic rings. The molecule has 0 aliphatic heterocycles. The average molecular weight is 637 g/mol. The summed E-state index contributed by atoms with van der Waals surface area (Å²) in [6.45, 7) is 4.75. The van der Waals surface area contributed by atoms with E-state index in [2.05, 4.69) is 166 Å². The Morgan fingerprint density at radius 1 is 0.380 bits per heavy atom. The number of furan rings is 1. The van der Waals surface area contributed by atoms with Crippen LogP contribution in [0.25, 0.3) is 98.4 Å². The molecular weight excluding hydrogens is 605 g/mol. The SMILES string of the molecule is CC1(C)c2ccc(-c3c4ccccc4c(-c4ccc5ccccc5c4)c4ccccc34)cc2-c2cc3ccc4oc5ccccc5c4c3cc21. The van der Waals surface area contributed by atoms with Crippen LogP contribution in [-0.2, 0) is 5.41 Å². The minimum atomic E-state index is -0.136. The molecule has 0 amide bonds. The molecule has 0 atom stereocenters. The summed E-state index contributed by atoms with van der Waals surface area (Å²) >= 11 is 0. The van der Waals surface area contributed by atoms with E-state index in [-0.39, 0.29) is 5.41 Å². The van der Waals surface area contributed by atoms with Crippen LogP contribution < -0.4 is 0 Å². The first-order valence-corrected chi connectivity index (χ1v) is 17.5. The Bertz CT molecular complexity index is 3010. The van der Waals surface area contributed by atoms with Crippen molar-refractivity contribution in [1.82, 2.24) is 0 Å². The van der Waals surface area contributed by atoms with Gasteiger partial charge in [-0.3, -0.25) is 0 Å². The van der Waals surface area contributed by atoms with Crippen molar-refractivity contribution in [3.8, 4) is 33.4 Å². The highest BCUT2D eigenvalue weighted by Crippen LogP contribution is 2.53. The highest BCUT2D eigenvalue weighted by Gasteiger charge is 2.36. The largest absolute Gasteiger partial charge is 0.456 e. The van der Waals surface area contributed by atoms with E-state index < -0.39 is 0 Å². The topological polar surface area (TPSA) is 13.1 Å².